The average molecular weight is 344 g/mol. The van der Waals surface area contributed by atoms with Gasteiger partial charge in [0, 0.05) is 6.04 Å². The molecule has 2 nitrogen and oxygen atoms in total. The van der Waals surface area contributed by atoms with Crippen LogP contribution >= 0.6 is 12.4 Å². The van der Waals surface area contributed by atoms with E-state index in [2.05, 4.69) is 53.4 Å². The predicted octanol–water partition coefficient (Wildman–Crippen LogP) is 4.71. The van der Waals surface area contributed by atoms with Crippen LogP contribution in [0.15, 0.2) is 54.6 Å². The summed E-state index contributed by atoms with van der Waals surface area (Å²) in [6.45, 7) is 3.26. The summed E-state index contributed by atoms with van der Waals surface area (Å²) >= 11 is 0. The molecular weight excluding hydrogens is 318 g/mol. The Hall–Kier alpha value is -1.51. The molecule has 0 amide bonds. The Kier molecular flexibility index (Phi) is 5.80. The van der Waals surface area contributed by atoms with Gasteiger partial charge in [-0.1, -0.05) is 42.5 Å². The highest BCUT2D eigenvalue weighted by atomic mass is 35.5. The first kappa shape index (κ1) is 17.3. The first-order valence-corrected chi connectivity index (χ1v) is 8.86. The predicted molar refractivity (Wildman–Crippen MR) is 101 cm³/mol. The van der Waals surface area contributed by atoms with E-state index in [0.717, 1.165) is 17.7 Å². The summed E-state index contributed by atoms with van der Waals surface area (Å²) in [5.74, 6) is 1.95. The van der Waals surface area contributed by atoms with E-state index in [1.54, 1.807) is 0 Å². The highest BCUT2D eigenvalue weighted by Crippen LogP contribution is 2.33. The maximum atomic E-state index is 5.88. The molecule has 0 radical (unpaired) electrons. The van der Waals surface area contributed by atoms with Crippen molar-refractivity contribution in [3.05, 3.63) is 65.7 Å². The fourth-order valence-corrected chi connectivity index (χ4v) is 4.03. The molecular formula is C21H26ClNO. The van der Waals surface area contributed by atoms with Crippen molar-refractivity contribution in [2.24, 2.45) is 5.92 Å². The van der Waals surface area contributed by atoms with E-state index in [1.165, 1.54) is 49.9 Å². The minimum Gasteiger partial charge on any atom is -0.489 e. The molecule has 0 N–H and O–H groups in total. The van der Waals surface area contributed by atoms with Crippen molar-refractivity contribution in [1.29, 1.82) is 0 Å². The summed E-state index contributed by atoms with van der Waals surface area (Å²) in [6, 6.07) is 19.8. The van der Waals surface area contributed by atoms with E-state index < -0.39 is 0 Å². The maximum Gasteiger partial charge on any atom is 0.119 e. The Bertz CT molecular complexity index is 620. The topological polar surface area (TPSA) is 12.5 Å². The highest BCUT2D eigenvalue weighted by Gasteiger charge is 2.33. The van der Waals surface area contributed by atoms with Gasteiger partial charge in [0.2, 0.25) is 0 Å². The lowest BCUT2D eigenvalue weighted by Crippen LogP contribution is -2.49. The van der Waals surface area contributed by atoms with Crippen molar-refractivity contribution in [3.63, 3.8) is 0 Å². The second-order valence-corrected chi connectivity index (χ2v) is 6.99. The number of ether oxygens (including phenoxy) is 1. The van der Waals surface area contributed by atoms with Gasteiger partial charge < -0.3 is 9.64 Å². The number of halogens is 1. The Morgan fingerprint density at radius 3 is 2.21 bits per heavy atom. The highest BCUT2D eigenvalue weighted by molar-refractivity contribution is 5.85. The summed E-state index contributed by atoms with van der Waals surface area (Å²) in [4.78, 5) is 2.69. The largest absolute Gasteiger partial charge is 0.489 e. The molecule has 0 spiro atoms. The molecule has 3 aliphatic heterocycles. The maximum absolute atomic E-state index is 5.88. The molecule has 3 fully saturated rings. The molecule has 0 saturated carbocycles. The standard InChI is InChI=1S/C21H25NO.ClH/c1-2-4-19(5-3-1)16-23-21-8-6-17(7-9-21)14-20-15-18-10-12-22(20)13-11-18;/h1-9,18,20H,10-16H2;1H. The number of piperidine rings is 3. The lowest BCUT2D eigenvalue weighted by Gasteiger charge is -2.45. The van der Waals surface area contributed by atoms with Gasteiger partial charge in [0.15, 0.2) is 0 Å². The van der Waals surface area contributed by atoms with Gasteiger partial charge in [-0.3, -0.25) is 0 Å². The molecule has 0 aromatic heterocycles. The fraction of sp³-hybridized carbons (Fsp3) is 0.429. The van der Waals surface area contributed by atoms with E-state index in [-0.39, 0.29) is 12.4 Å². The Morgan fingerprint density at radius 1 is 0.875 bits per heavy atom. The molecule has 24 heavy (non-hydrogen) atoms. The van der Waals surface area contributed by atoms with Crippen molar-refractivity contribution in [3.8, 4) is 5.75 Å². The molecule has 1 unspecified atom stereocenters. The molecule has 1 atom stereocenters. The number of benzene rings is 2. The number of fused-ring (bicyclic) bond motifs is 3. The van der Waals surface area contributed by atoms with Gasteiger partial charge in [-0.15, -0.1) is 12.4 Å². The zero-order valence-corrected chi connectivity index (χ0v) is 14.9. The van der Waals surface area contributed by atoms with Gasteiger partial charge in [0.1, 0.15) is 12.4 Å². The molecule has 3 saturated heterocycles. The van der Waals surface area contributed by atoms with Crippen molar-refractivity contribution >= 4 is 12.4 Å². The van der Waals surface area contributed by atoms with E-state index in [9.17, 15) is 0 Å². The van der Waals surface area contributed by atoms with E-state index in [1.807, 2.05) is 6.07 Å². The van der Waals surface area contributed by atoms with Crippen LogP contribution in [0.1, 0.15) is 30.4 Å². The molecule has 2 bridgehead atoms. The molecule has 128 valence electrons. The number of hydrogen-bond donors (Lipinski definition) is 0. The van der Waals surface area contributed by atoms with Crippen molar-refractivity contribution in [1.82, 2.24) is 4.90 Å². The minimum atomic E-state index is 0. The van der Waals surface area contributed by atoms with Gasteiger partial charge in [-0.05, 0) is 68.0 Å². The first-order valence-electron chi connectivity index (χ1n) is 8.86. The van der Waals surface area contributed by atoms with E-state index in [4.69, 9.17) is 4.74 Å². The van der Waals surface area contributed by atoms with Crippen LogP contribution in [0.2, 0.25) is 0 Å². The Labute approximate surface area is 151 Å². The Morgan fingerprint density at radius 2 is 1.58 bits per heavy atom. The van der Waals surface area contributed by atoms with Gasteiger partial charge >= 0.3 is 0 Å². The number of nitrogens with zero attached hydrogens (tertiary/aromatic N) is 1. The van der Waals surface area contributed by atoms with Gasteiger partial charge in [-0.2, -0.15) is 0 Å². The monoisotopic (exact) mass is 343 g/mol. The molecule has 2 aromatic rings. The van der Waals surface area contributed by atoms with Crippen LogP contribution in [0.3, 0.4) is 0 Å². The van der Waals surface area contributed by atoms with Gasteiger partial charge in [0.05, 0.1) is 0 Å². The molecule has 3 heterocycles. The van der Waals surface area contributed by atoms with Crippen LogP contribution in [0, 0.1) is 5.92 Å². The summed E-state index contributed by atoms with van der Waals surface area (Å²) in [5.41, 5.74) is 2.65. The third-order valence-electron chi connectivity index (χ3n) is 5.41. The zero-order valence-electron chi connectivity index (χ0n) is 14.1. The third kappa shape index (κ3) is 4.12. The van der Waals surface area contributed by atoms with Crippen LogP contribution in [0.25, 0.3) is 0 Å². The average Bonchev–Trinajstić information content (AvgIpc) is 2.63. The SMILES string of the molecule is Cl.c1ccc(COc2ccc(CC3CC4CCN3CC4)cc2)cc1. The zero-order chi connectivity index (χ0) is 15.5. The van der Waals surface area contributed by atoms with Gasteiger partial charge in [-0.25, -0.2) is 0 Å². The summed E-state index contributed by atoms with van der Waals surface area (Å²) in [6.07, 6.45) is 5.42. The second-order valence-electron chi connectivity index (χ2n) is 6.99. The number of hydrogen-bond acceptors (Lipinski definition) is 2. The smallest absolute Gasteiger partial charge is 0.119 e. The second kappa shape index (κ2) is 8.04. The van der Waals surface area contributed by atoms with Crippen LogP contribution in [-0.2, 0) is 13.0 Å². The molecule has 2 aromatic carbocycles. The van der Waals surface area contributed by atoms with E-state index in [0.29, 0.717) is 6.61 Å². The van der Waals surface area contributed by atoms with Gasteiger partial charge in [0.25, 0.3) is 0 Å². The Balaban J connectivity index is 0.00000169. The summed E-state index contributed by atoms with van der Waals surface area (Å²) < 4.78 is 5.88. The first-order chi connectivity index (χ1) is 11.4. The quantitative estimate of drug-likeness (QED) is 0.779. The van der Waals surface area contributed by atoms with Crippen LogP contribution in [0.4, 0.5) is 0 Å². The lowest BCUT2D eigenvalue weighted by atomic mass is 9.81. The number of rotatable bonds is 5. The van der Waals surface area contributed by atoms with Crippen molar-refractivity contribution < 1.29 is 4.74 Å². The normalized spacial score (nSPS) is 25.1. The minimum absolute atomic E-state index is 0. The molecule has 0 aliphatic carbocycles. The third-order valence-corrected chi connectivity index (χ3v) is 5.41. The lowest BCUT2D eigenvalue weighted by molar-refractivity contribution is 0.0498. The molecule has 5 rings (SSSR count). The van der Waals surface area contributed by atoms with Crippen molar-refractivity contribution in [2.45, 2.75) is 38.3 Å². The fourth-order valence-electron chi connectivity index (χ4n) is 4.03. The summed E-state index contributed by atoms with van der Waals surface area (Å²) in [7, 11) is 0. The molecule has 3 heteroatoms. The van der Waals surface area contributed by atoms with Crippen LogP contribution in [-0.4, -0.2) is 24.0 Å². The summed E-state index contributed by atoms with van der Waals surface area (Å²) in [5, 5.41) is 0. The molecule has 3 aliphatic rings. The van der Waals surface area contributed by atoms with Crippen LogP contribution in [0.5, 0.6) is 5.75 Å². The van der Waals surface area contributed by atoms with Crippen molar-refractivity contribution in [2.75, 3.05) is 13.1 Å². The van der Waals surface area contributed by atoms with E-state index >= 15 is 0 Å². The van der Waals surface area contributed by atoms with Crippen LogP contribution < -0.4 is 4.74 Å².